The van der Waals surface area contributed by atoms with Gasteiger partial charge < -0.3 is 25.4 Å². The molecule has 0 saturated carbocycles. The summed E-state index contributed by atoms with van der Waals surface area (Å²) in [5.74, 6) is 1.49. The maximum atomic E-state index is 11.6. The summed E-state index contributed by atoms with van der Waals surface area (Å²) >= 11 is 0. The summed E-state index contributed by atoms with van der Waals surface area (Å²) in [6.45, 7) is 8.80. The number of nitrogens with one attached hydrogen (secondary N) is 3. The highest BCUT2D eigenvalue weighted by atomic mass is 16.5. The normalized spacial score (nSPS) is 11.3. The van der Waals surface area contributed by atoms with Crippen molar-refractivity contribution < 1.29 is 14.3 Å². The molecule has 0 aliphatic heterocycles. The average Bonchev–Trinajstić information content (AvgIpc) is 2.62. The fourth-order valence-electron chi connectivity index (χ4n) is 2.05. The average molecular weight is 364 g/mol. The van der Waals surface area contributed by atoms with E-state index < -0.39 is 0 Å². The number of guanidine groups is 1. The first-order valence-corrected chi connectivity index (χ1v) is 9.11. The number of carbonyl (C=O) groups is 1. The maximum Gasteiger partial charge on any atom is 0.222 e. The highest BCUT2D eigenvalue weighted by Crippen LogP contribution is 2.17. The van der Waals surface area contributed by atoms with Crippen LogP contribution in [0.25, 0.3) is 0 Å². The van der Waals surface area contributed by atoms with Gasteiger partial charge in [0.15, 0.2) is 5.96 Å². The minimum absolute atomic E-state index is 0.0167. The lowest BCUT2D eigenvalue weighted by Crippen LogP contribution is -2.33. The third-order valence-electron chi connectivity index (χ3n) is 3.41. The Morgan fingerprint density at radius 3 is 2.73 bits per heavy atom. The van der Waals surface area contributed by atoms with Crippen LogP contribution in [0.5, 0.6) is 5.75 Å². The number of methoxy groups -OCH3 is 1. The SMILES string of the molecule is CCNC(=NCCNC(=O)C(C)C)Nc1cccc(OCCCOC)c1. The van der Waals surface area contributed by atoms with Crippen molar-refractivity contribution in [3.63, 3.8) is 0 Å². The van der Waals surface area contributed by atoms with Crippen molar-refractivity contribution >= 4 is 17.6 Å². The molecule has 0 aliphatic rings. The molecular weight excluding hydrogens is 332 g/mol. The number of carbonyl (C=O) groups excluding carboxylic acids is 1. The molecule has 0 fully saturated rings. The molecule has 0 bridgehead atoms. The van der Waals surface area contributed by atoms with Crippen LogP contribution in [0.1, 0.15) is 27.2 Å². The van der Waals surface area contributed by atoms with E-state index in [1.54, 1.807) is 7.11 Å². The fraction of sp³-hybridized carbons (Fsp3) is 0.579. The quantitative estimate of drug-likeness (QED) is 0.319. The smallest absolute Gasteiger partial charge is 0.222 e. The Hall–Kier alpha value is -2.28. The summed E-state index contributed by atoms with van der Waals surface area (Å²) in [6, 6.07) is 7.74. The topological polar surface area (TPSA) is 84.0 Å². The van der Waals surface area contributed by atoms with Gasteiger partial charge in [0.2, 0.25) is 5.91 Å². The molecule has 0 spiro atoms. The van der Waals surface area contributed by atoms with Gasteiger partial charge in [0.1, 0.15) is 5.75 Å². The largest absolute Gasteiger partial charge is 0.493 e. The van der Waals surface area contributed by atoms with E-state index in [0.717, 1.165) is 24.4 Å². The van der Waals surface area contributed by atoms with Gasteiger partial charge in [-0.3, -0.25) is 9.79 Å². The summed E-state index contributed by atoms with van der Waals surface area (Å²) < 4.78 is 10.7. The van der Waals surface area contributed by atoms with Gasteiger partial charge in [0.25, 0.3) is 0 Å². The number of hydrogen-bond acceptors (Lipinski definition) is 4. The zero-order valence-corrected chi connectivity index (χ0v) is 16.3. The lowest BCUT2D eigenvalue weighted by Gasteiger charge is -2.13. The molecule has 1 rings (SSSR count). The van der Waals surface area contributed by atoms with E-state index in [1.165, 1.54) is 0 Å². The van der Waals surface area contributed by atoms with Crippen LogP contribution in [-0.4, -0.2) is 51.8 Å². The van der Waals surface area contributed by atoms with Gasteiger partial charge >= 0.3 is 0 Å². The molecular formula is C19H32N4O3. The second-order valence-electron chi connectivity index (χ2n) is 6.05. The molecule has 1 amide bonds. The van der Waals surface area contributed by atoms with Gasteiger partial charge in [-0.1, -0.05) is 19.9 Å². The van der Waals surface area contributed by atoms with Crippen LogP contribution in [0.4, 0.5) is 5.69 Å². The number of benzene rings is 1. The summed E-state index contributed by atoms with van der Waals surface area (Å²) in [5, 5.41) is 9.30. The molecule has 146 valence electrons. The van der Waals surface area contributed by atoms with Crippen molar-refractivity contribution in [2.75, 3.05) is 45.3 Å². The first-order chi connectivity index (χ1) is 12.6. The number of ether oxygens (including phenoxy) is 2. The highest BCUT2D eigenvalue weighted by Gasteiger charge is 2.05. The zero-order valence-electron chi connectivity index (χ0n) is 16.3. The molecule has 0 saturated heterocycles. The lowest BCUT2D eigenvalue weighted by atomic mass is 10.2. The van der Waals surface area contributed by atoms with Crippen LogP contribution in [0, 0.1) is 5.92 Å². The van der Waals surface area contributed by atoms with E-state index in [1.807, 2.05) is 45.0 Å². The molecule has 3 N–H and O–H groups in total. The summed E-state index contributed by atoms with van der Waals surface area (Å²) in [4.78, 5) is 16.0. The van der Waals surface area contributed by atoms with Gasteiger partial charge in [-0.15, -0.1) is 0 Å². The molecule has 1 aromatic rings. The minimum atomic E-state index is -0.0167. The summed E-state index contributed by atoms with van der Waals surface area (Å²) in [5.41, 5.74) is 0.889. The van der Waals surface area contributed by atoms with E-state index >= 15 is 0 Å². The molecule has 0 radical (unpaired) electrons. The van der Waals surface area contributed by atoms with Crippen molar-refractivity contribution in [3.8, 4) is 5.75 Å². The third kappa shape index (κ3) is 9.27. The predicted octanol–water partition coefficient (Wildman–Crippen LogP) is 2.25. The Kier molecular flexibility index (Phi) is 10.9. The molecule has 0 aromatic heterocycles. The maximum absolute atomic E-state index is 11.6. The predicted molar refractivity (Wildman–Crippen MR) is 106 cm³/mol. The third-order valence-corrected chi connectivity index (χ3v) is 3.41. The Morgan fingerprint density at radius 2 is 2.04 bits per heavy atom. The number of aliphatic imine (C=N–C) groups is 1. The highest BCUT2D eigenvalue weighted by molar-refractivity contribution is 5.93. The van der Waals surface area contributed by atoms with Crippen LogP contribution in [0.3, 0.4) is 0 Å². The van der Waals surface area contributed by atoms with Gasteiger partial charge in [-0.2, -0.15) is 0 Å². The Morgan fingerprint density at radius 1 is 1.23 bits per heavy atom. The van der Waals surface area contributed by atoms with Crippen LogP contribution < -0.4 is 20.7 Å². The molecule has 1 aromatic carbocycles. The van der Waals surface area contributed by atoms with E-state index in [4.69, 9.17) is 9.47 Å². The monoisotopic (exact) mass is 364 g/mol. The number of amides is 1. The van der Waals surface area contributed by atoms with Crippen LogP contribution in [0.15, 0.2) is 29.3 Å². The van der Waals surface area contributed by atoms with Gasteiger partial charge in [-0.05, 0) is 19.1 Å². The standard InChI is InChI=1S/C19H32N4O3/c1-5-20-19(22-11-10-21-18(24)15(2)3)23-16-8-6-9-17(14-16)26-13-7-12-25-4/h6,8-9,14-15H,5,7,10-13H2,1-4H3,(H,21,24)(H2,20,22,23). The van der Waals surface area contributed by atoms with Crippen molar-refractivity contribution in [2.24, 2.45) is 10.9 Å². The van der Waals surface area contributed by atoms with Crippen LogP contribution in [-0.2, 0) is 9.53 Å². The molecule has 26 heavy (non-hydrogen) atoms. The second kappa shape index (κ2) is 13.0. The first-order valence-electron chi connectivity index (χ1n) is 9.11. The molecule has 0 heterocycles. The van der Waals surface area contributed by atoms with Gasteiger partial charge in [0, 0.05) is 50.9 Å². The number of anilines is 1. The molecule has 0 unspecified atom stereocenters. The van der Waals surface area contributed by atoms with E-state index in [0.29, 0.717) is 32.3 Å². The Bertz CT molecular complexity index is 561. The summed E-state index contributed by atoms with van der Waals surface area (Å²) in [7, 11) is 1.68. The number of rotatable bonds is 11. The van der Waals surface area contributed by atoms with Gasteiger partial charge in [0.05, 0.1) is 13.2 Å². The van der Waals surface area contributed by atoms with Crippen molar-refractivity contribution in [3.05, 3.63) is 24.3 Å². The van der Waals surface area contributed by atoms with Crippen molar-refractivity contribution in [1.82, 2.24) is 10.6 Å². The van der Waals surface area contributed by atoms with E-state index in [9.17, 15) is 4.79 Å². The number of nitrogens with zero attached hydrogens (tertiary/aromatic N) is 1. The Labute approximate surface area is 156 Å². The Balaban J connectivity index is 2.54. The molecule has 0 aliphatic carbocycles. The molecule has 7 heteroatoms. The first kappa shape index (κ1) is 21.8. The van der Waals surface area contributed by atoms with E-state index in [-0.39, 0.29) is 11.8 Å². The fourth-order valence-corrected chi connectivity index (χ4v) is 2.05. The number of hydrogen-bond donors (Lipinski definition) is 3. The van der Waals surface area contributed by atoms with E-state index in [2.05, 4.69) is 20.9 Å². The lowest BCUT2D eigenvalue weighted by molar-refractivity contribution is -0.123. The van der Waals surface area contributed by atoms with Crippen molar-refractivity contribution in [2.45, 2.75) is 27.2 Å². The van der Waals surface area contributed by atoms with Crippen LogP contribution >= 0.6 is 0 Å². The second-order valence-corrected chi connectivity index (χ2v) is 6.05. The molecule has 0 atom stereocenters. The van der Waals surface area contributed by atoms with Crippen molar-refractivity contribution in [1.29, 1.82) is 0 Å². The molecule has 7 nitrogen and oxygen atoms in total. The zero-order chi connectivity index (χ0) is 19.2. The minimum Gasteiger partial charge on any atom is -0.493 e. The van der Waals surface area contributed by atoms with Crippen LogP contribution in [0.2, 0.25) is 0 Å². The summed E-state index contributed by atoms with van der Waals surface area (Å²) in [6.07, 6.45) is 0.848. The van der Waals surface area contributed by atoms with Gasteiger partial charge in [-0.25, -0.2) is 0 Å².